The number of sulfonamides is 1. The number of hydrogen-bond acceptors (Lipinski definition) is 4. The molecule has 0 aromatic carbocycles. The lowest BCUT2D eigenvalue weighted by Crippen LogP contribution is -2.34. The first-order chi connectivity index (χ1) is 9.44. The predicted molar refractivity (Wildman–Crippen MR) is 83.5 cm³/mol. The Balaban J connectivity index is 2.85. The van der Waals surface area contributed by atoms with Gasteiger partial charge in [0, 0.05) is 10.9 Å². The van der Waals surface area contributed by atoms with Gasteiger partial charge in [-0.15, -0.1) is 11.3 Å². The van der Waals surface area contributed by atoms with Crippen LogP contribution in [0.15, 0.2) is 10.3 Å². The Kier molecular flexibility index (Phi) is 7.15. The molecule has 0 saturated heterocycles. The quantitative estimate of drug-likeness (QED) is 0.734. The molecular weight excluding hydrogens is 294 g/mol. The maximum Gasteiger partial charge on any atom is 0.250 e. The van der Waals surface area contributed by atoms with Gasteiger partial charge in [0.05, 0.1) is 6.61 Å². The van der Waals surface area contributed by atoms with Crippen LogP contribution in [0.2, 0.25) is 0 Å². The third kappa shape index (κ3) is 4.84. The van der Waals surface area contributed by atoms with Crippen LogP contribution in [0.25, 0.3) is 0 Å². The summed E-state index contributed by atoms with van der Waals surface area (Å²) in [5.74, 6) is 0. The van der Waals surface area contributed by atoms with E-state index in [9.17, 15) is 13.5 Å². The van der Waals surface area contributed by atoms with E-state index < -0.39 is 10.0 Å². The van der Waals surface area contributed by atoms with Crippen molar-refractivity contribution in [1.29, 1.82) is 0 Å². The van der Waals surface area contributed by atoms with Gasteiger partial charge in [0.15, 0.2) is 0 Å². The van der Waals surface area contributed by atoms with E-state index in [1.54, 1.807) is 6.07 Å². The van der Waals surface area contributed by atoms with Crippen molar-refractivity contribution < 1.29 is 13.5 Å². The number of aliphatic hydroxyl groups excluding tert-OH is 1. The van der Waals surface area contributed by atoms with Crippen LogP contribution in [0.3, 0.4) is 0 Å². The van der Waals surface area contributed by atoms with Gasteiger partial charge in [-0.2, -0.15) is 0 Å². The molecular formula is C14H25NO3S2. The molecule has 0 spiro atoms. The van der Waals surface area contributed by atoms with E-state index in [1.807, 2.05) is 6.92 Å². The summed E-state index contributed by atoms with van der Waals surface area (Å²) in [7, 11) is -3.47. The summed E-state index contributed by atoms with van der Waals surface area (Å²) in [6.45, 7) is 5.88. The van der Waals surface area contributed by atoms with Crippen molar-refractivity contribution in [3.05, 3.63) is 16.5 Å². The Morgan fingerprint density at radius 1 is 1.30 bits per heavy atom. The molecule has 0 radical (unpaired) electrons. The van der Waals surface area contributed by atoms with E-state index >= 15 is 0 Å². The molecule has 0 fully saturated rings. The van der Waals surface area contributed by atoms with Gasteiger partial charge in [-0.25, -0.2) is 13.1 Å². The maximum atomic E-state index is 12.4. The second-order valence-corrected chi connectivity index (χ2v) is 8.16. The van der Waals surface area contributed by atoms with Crippen LogP contribution in [-0.2, 0) is 16.6 Å². The molecule has 6 heteroatoms. The summed E-state index contributed by atoms with van der Waals surface area (Å²) in [6.07, 6.45) is 4.78. The molecule has 0 aliphatic heterocycles. The zero-order valence-electron chi connectivity index (χ0n) is 12.5. The molecule has 1 aromatic rings. The van der Waals surface area contributed by atoms with Crippen molar-refractivity contribution in [3.63, 3.8) is 0 Å². The van der Waals surface area contributed by atoms with Gasteiger partial charge in [-0.3, -0.25) is 0 Å². The highest BCUT2D eigenvalue weighted by molar-refractivity contribution is 7.91. The van der Waals surface area contributed by atoms with Crippen LogP contribution in [-0.4, -0.2) is 19.6 Å². The maximum absolute atomic E-state index is 12.4. The smallest absolute Gasteiger partial charge is 0.250 e. The standard InChI is InChI=1S/C14H25NO3S2/c1-4-6-8-12(7-5-2)15-20(17,18)14-9-11(3)13(10-16)19-14/h9,12,15-16H,4-8,10H2,1-3H3. The Morgan fingerprint density at radius 2 is 2.00 bits per heavy atom. The van der Waals surface area contributed by atoms with Crippen molar-refractivity contribution in [2.45, 2.75) is 69.7 Å². The van der Waals surface area contributed by atoms with E-state index in [2.05, 4.69) is 18.6 Å². The molecule has 4 nitrogen and oxygen atoms in total. The second-order valence-electron chi connectivity index (χ2n) is 5.08. The zero-order valence-corrected chi connectivity index (χ0v) is 14.1. The van der Waals surface area contributed by atoms with E-state index in [1.165, 1.54) is 0 Å². The number of aliphatic hydroxyl groups is 1. The van der Waals surface area contributed by atoms with E-state index in [0.717, 1.165) is 49.0 Å². The van der Waals surface area contributed by atoms with Gasteiger partial charge in [-0.05, 0) is 31.4 Å². The highest BCUT2D eigenvalue weighted by atomic mass is 32.2. The molecule has 116 valence electrons. The summed E-state index contributed by atoms with van der Waals surface area (Å²) >= 11 is 1.15. The fourth-order valence-electron chi connectivity index (χ4n) is 2.12. The van der Waals surface area contributed by atoms with E-state index in [-0.39, 0.29) is 12.6 Å². The zero-order chi connectivity index (χ0) is 15.2. The second kappa shape index (κ2) is 8.12. The first kappa shape index (κ1) is 17.6. The molecule has 0 aliphatic carbocycles. The number of thiophene rings is 1. The van der Waals surface area contributed by atoms with Gasteiger partial charge in [-0.1, -0.05) is 33.1 Å². The Morgan fingerprint density at radius 3 is 2.50 bits per heavy atom. The molecule has 0 amide bonds. The van der Waals surface area contributed by atoms with E-state index in [4.69, 9.17) is 0 Å². The van der Waals surface area contributed by atoms with Crippen LogP contribution < -0.4 is 4.72 Å². The minimum absolute atomic E-state index is 0.00457. The highest BCUT2D eigenvalue weighted by Gasteiger charge is 2.22. The molecule has 20 heavy (non-hydrogen) atoms. The van der Waals surface area contributed by atoms with Crippen LogP contribution in [0.5, 0.6) is 0 Å². The first-order valence-electron chi connectivity index (χ1n) is 7.17. The number of unbranched alkanes of at least 4 members (excludes halogenated alkanes) is 1. The van der Waals surface area contributed by atoms with Gasteiger partial charge in [0.1, 0.15) is 4.21 Å². The predicted octanol–water partition coefficient (Wildman–Crippen LogP) is 3.19. The van der Waals surface area contributed by atoms with Gasteiger partial charge < -0.3 is 5.11 Å². The summed E-state index contributed by atoms with van der Waals surface area (Å²) in [5.41, 5.74) is 0.832. The highest BCUT2D eigenvalue weighted by Crippen LogP contribution is 2.26. The fourth-order valence-corrected chi connectivity index (χ4v) is 4.89. The molecule has 1 atom stereocenters. The van der Waals surface area contributed by atoms with E-state index in [0.29, 0.717) is 9.09 Å². The SMILES string of the molecule is CCCCC(CCC)NS(=O)(=O)c1cc(C)c(CO)s1. The first-order valence-corrected chi connectivity index (χ1v) is 9.47. The van der Waals surface area contributed by atoms with Crippen LogP contribution in [0.1, 0.15) is 56.4 Å². The van der Waals surface area contributed by atoms with Gasteiger partial charge in [0.25, 0.3) is 0 Å². The number of hydrogen-bond donors (Lipinski definition) is 2. The lowest BCUT2D eigenvalue weighted by atomic mass is 10.1. The molecule has 1 rings (SSSR count). The molecule has 1 unspecified atom stereocenters. The molecule has 1 aromatic heterocycles. The van der Waals surface area contributed by atoms with Crippen molar-refractivity contribution in [2.24, 2.45) is 0 Å². The van der Waals surface area contributed by atoms with Gasteiger partial charge in [0.2, 0.25) is 10.0 Å². The molecule has 0 aliphatic rings. The molecule has 0 bridgehead atoms. The number of aryl methyl sites for hydroxylation is 1. The Labute approximate surface area is 126 Å². The van der Waals surface area contributed by atoms with Crippen molar-refractivity contribution in [1.82, 2.24) is 4.72 Å². The lowest BCUT2D eigenvalue weighted by molar-refractivity contribution is 0.285. The van der Waals surface area contributed by atoms with Crippen LogP contribution in [0.4, 0.5) is 0 Å². The monoisotopic (exact) mass is 319 g/mol. The summed E-state index contributed by atoms with van der Waals surface area (Å²) in [4.78, 5) is 0.714. The molecule has 0 saturated carbocycles. The number of nitrogens with one attached hydrogen (secondary N) is 1. The molecule has 2 N–H and O–H groups in total. The fraction of sp³-hybridized carbons (Fsp3) is 0.714. The third-order valence-electron chi connectivity index (χ3n) is 3.27. The lowest BCUT2D eigenvalue weighted by Gasteiger charge is -2.17. The summed E-state index contributed by atoms with van der Waals surface area (Å²) < 4.78 is 27.9. The average Bonchev–Trinajstić information content (AvgIpc) is 2.78. The Bertz CT molecular complexity index is 508. The Hall–Kier alpha value is -0.430. The minimum Gasteiger partial charge on any atom is -0.391 e. The van der Waals surface area contributed by atoms with Crippen molar-refractivity contribution in [3.8, 4) is 0 Å². The number of rotatable bonds is 9. The van der Waals surface area contributed by atoms with Crippen molar-refractivity contribution >= 4 is 21.4 Å². The summed E-state index contributed by atoms with van der Waals surface area (Å²) in [5, 5.41) is 9.17. The van der Waals surface area contributed by atoms with Gasteiger partial charge >= 0.3 is 0 Å². The van der Waals surface area contributed by atoms with Crippen molar-refractivity contribution in [2.75, 3.05) is 0 Å². The average molecular weight is 319 g/mol. The minimum atomic E-state index is -3.47. The summed E-state index contributed by atoms with van der Waals surface area (Å²) in [6, 6.07) is 1.64. The van der Waals surface area contributed by atoms with Crippen LogP contribution >= 0.6 is 11.3 Å². The molecule has 1 heterocycles. The third-order valence-corrected chi connectivity index (χ3v) is 6.49. The van der Waals surface area contributed by atoms with Crippen LogP contribution in [0, 0.1) is 6.92 Å². The topological polar surface area (TPSA) is 66.4 Å². The largest absolute Gasteiger partial charge is 0.391 e. The normalized spacial score (nSPS) is 13.6.